The van der Waals surface area contributed by atoms with E-state index < -0.39 is 0 Å². The van der Waals surface area contributed by atoms with Crippen LogP contribution in [0.5, 0.6) is 0 Å². The second-order valence-corrected chi connectivity index (χ2v) is 5.68. The highest BCUT2D eigenvalue weighted by Crippen LogP contribution is 2.30. The summed E-state index contributed by atoms with van der Waals surface area (Å²) in [7, 11) is 0. The molecule has 3 aromatic rings. The molecule has 1 aromatic carbocycles. The molecule has 2 N–H and O–H groups in total. The lowest BCUT2D eigenvalue weighted by atomic mass is 10.3. The lowest BCUT2D eigenvalue weighted by molar-refractivity contribution is 0.900. The maximum Gasteiger partial charge on any atom is 0.185 e. The normalized spacial score (nSPS) is 14.0. The van der Waals surface area contributed by atoms with Gasteiger partial charge in [0.05, 0.1) is 5.69 Å². The topological polar surface area (TPSA) is 80.9 Å². The van der Waals surface area contributed by atoms with Gasteiger partial charge in [-0.25, -0.2) is 9.50 Å². The van der Waals surface area contributed by atoms with Gasteiger partial charge >= 0.3 is 0 Å². The van der Waals surface area contributed by atoms with Crippen molar-refractivity contribution in [2.45, 2.75) is 19.3 Å². The van der Waals surface area contributed by atoms with E-state index in [2.05, 4.69) is 20.3 Å². The third-order valence-electron chi connectivity index (χ3n) is 3.73. The first kappa shape index (κ1) is 13.2. The highest BCUT2D eigenvalue weighted by Gasteiger charge is 2.18. The van der Waals surface area contributed by atoms with E-state index in [9.17, 15) is 0 Å². The average molecular weight is 313 g/mol. The zero-order valence-corrected chi connectivity index (χ0v) is 12.5. The van der Waals surface area contributed by atoms with E-state index in [1.165, 1.54) is 5.56 Å². The van der Waals surface area contributed by atoms with Crippen molar-refractivity contribution in [3.63, 3.8) is 0 Å². The Morgan fingerprint density at radius 2 is 1.95 bits per heavy atom. The molecule has 0 amide bonds. The van der Waals surface area contributed by atoms with Gasteiger partial charge in [-0.15, -0.1) is 10.2 Å². The fourth-order valence-corrected chi connectivity index (χ4v) is 2.76. The van der Waals surface area contributed by atoms with Crippen LogP contribution in [0.3, 0.4) is 0 Å². The second-order valence-electron chi connectivity index (χ2n) is 5.24. The Labute approximate surface area is 131 Å². The summed E-state index contributed by atoms with van der Waals surface area (Å²) >= 11 is 5.85. The van der Waals surface area contributed by atoms with Crippen LogP contribution in [0.15, 0.2) is 40.7 Å². The maximum atomic E-state index is 5.95. The molecule has 0 aliphatic heterocycles. The number of nitrogens with zero attached hydrogens (tertiary/aromatic N) is 5. The summed E-state index contributed by atoms with van der Waals surface area (Å²) in [4.78, 5) is 4.65. The first-order valence-electron chi connectivity index (χ1n) is 7.04. The van der Waals surface area contributed by atoms with Gasteiger partial charge in [0.1, 0.15) is 0 Å². The number of benzene rings is 1. The fraction of sp³-hybridized carbons (Fsp3) is 0.200. The van der Waals surface area contributed by atoms with Gasteiger partial charge in [-0.2, -0.15) is 5.11 Å². The van der Waals surface area contributed by atoms with Crippen molar-refractivity contribution < 1.29 is 0 Å². The Morgan fingerprint density at radius 1 is 1.14 bits per heavy atom. The number of nitrogens with two attached hydrogens (primary N) is 1. The number of hydrogen-bond donors (Lipinski definition) is 1. The van der Waals surface area contributed by atoms with Crippen molar-refractivity contribution >= 4 is 34.4 Å². The maximum absolute atomic E-state index is 5.95. The second kappa shape index (κ2) is 5.06. The van der Waals surface area contributed by atoms with Gasteiger partial charge in [0.15, 0.2) is 17.2 Å². The standard InChI is InChI=1S/C15H13ClN6/c16-10-4-6-11(7-5-10)19-20-13-14(17)21-22-8-9-2-1-3-12(9)18-15(13)22/h4-8H,1-3H2,(H2,17,21). The molecular weight excluding hydrogens is 300 g/mol. The molecule has 0 saturated carbocycles. The summed E-state index contributed by atoms with van der Waals surface area (Å²) in [6.45, 7) is 0. The summed E-state index contributed by atoms with van der Waals surface area (Å²) in [5, 5.41) is 13.4. The minimum atomic E-state index is 0.328. The van der Waals surface area contributed by atoms with E-state index in [0.717, 1.165) is 25.0 Å². The van der Waals surface area contributed by atoms with Crippen LogP contribution < -0.4 is 5.73 Å². The summed E-state index contributed by atoms with van der Waals surface area (Å²) in [6, 6.07) is 7.11. The van der Waals surface area contributed by atoms with Gasteiger partial charge < -0.3 is 5.73 Å². The molecule has 0 fully saturated rings. The summed E-state index contributed by atoms with van der Waals surface area (Å²) in [5.41, 5.74) is 10.1. The number of fused-ring (bicyclic) bond motifs is 2. The van der Waals surface area contributed by atoms with Crippen molar-refractivity contribution in [1.29, 1.82) is 0 Å². The zero-order valence-electron chi connectivity index (χ0n) is 11.7. The highest BCUT2D eigenvalue weighted by atomic mass is 35.5. The van der Waals surface area contributed by atoms with Gasteiger partial charge in [-0.05, 0) is 49.1 Å². The van der Waals surface area contributed by atoms with Crippen molar-refractivity contribution in [1.82, 2.24) is 14.6 Å². The van der Waals surface area contributed by atoms with Gasteiger partial charge in [0, 0.05) is 16.9 Å². The number of anilines is 1. The molecular formula is C15H13ClN6. The Hall–Kier alpha value is -2.47. The van der Waals surface area contributed by atoms with E-state index in [4.69, 9.17) is 17.3 Å². The molecule has 0 bridgehead atoms. The molecule has 110 valence electrons. The number of azo groups is 1. The molecule has 1 aliphatic carbocycles. The zero-order chi connectivity index (χ0) is 15.1. The molecule has 2 heterocycles. The van der Waals surface area contributed by atoms with Crippen LogP contribution >= 0.6 is 11.6 Å². The molecule has 0 radical (unpaired) electrons. The van der Waals surface area contributed by atoms with Gasteiger partial charge in [-0.1, -0.05) is 11.6 Å². The van der Waals surface area contributed by atoms with Crippen molar-refractivity contribution in [2.75, 3.05) is 5.73 Å². The average Bonchev–Trinajstić information content (AvgIpc) is 3.07. The molecule has 22 heavy (non-hydrogen) atoms. The van der Waals surface area contributed by atoms with E-state index in [0.29, 0.717) is 27.9 Å². The third kappa shape index (κ3) is 2.21. The number of aromatic nitrogens is 3. The van der Waals surface area contributed by atoms with Gasteiger partial charge in [0.2, 0.25) is 0 Å². The molecule has 7 heteroatoms. The van der Waals surface area contributed by atoms with Crippen molar-refractivity contribution in [2.24, 2.45) is 10.2 Å². The van der Waals surface area contributed by atoms with Crippen LogP contribution in [0, 0.1) is 0 Å². The number of nitrogen functional groups attached to an aromatic ring is 1. The van der Waals surface area contributed by atoms with Crippen molar-refractivity contribution in [3.05, 3.63) is 46.7 Å². The highest BCUT2D eigenvalue weighted by molar-refractivity contribution is 6.30. The van der Waals surface area contributed by atoms with Gasteiger partial charge in [0.25, 0.3) is 0 Å². The molecule has 6 nitrogen and oxygen atoms in total. The SMILES string of the molecule is Nc1nn2cc3c(nc2c1N=Nc1ccc(Cl)cc1)CCC3. The Balaban J connectivity index is 1.77. The number of rotatable bonds is 2. The first-order valence-corrected chi connectivity index (χ1v) is 7.42. The Kier molecular flexibility index (Phi) is 3.04. The number of hydrogen-bond acceptors (Lipinski definition) is 5. The minimum absolute atomic E-state index is 0.328. The molecule has 0 unspecified atom stereocenters. The molecule has 0 atom stereocenters. The smallest absolute Gasteiger partial charge is 0.185 e. The predicted molar refractivity (Wildman–Crippen MR) is 85.1 cm³/mol. The molecule has 4 rings (SSSR count). The van der Waals surface area contributed by atoms with Crippen LogP contribution in [0.4, 0.5) is 17.2 Å². The van der Waals surface area contributed by atoms with Crippen LogP contribution in [0.2, 0.25) is 5.02 Å². The number of aryl methyl sites for hydroxylation is 2. The largest absolute Gasteiger partial charge is 0.380 e. The monoisotopic (exact) mass is 312 g/mol. The van der Waals surface area contributed by atoms with Gasteiger partial charge in [-0.3, -0.25) is 0 Å². The first-order chi connectivity index (χ1) is 10.7. The summed E-state index contributed by atoms with van der Waals surface area (Å²) in [5.74, 6) is 0.328. The van der Waals surface area contributed by atoms with Crippen LogP contribution in [-0.2, 0) is 12.8 Å². The van der Waals surface area contributed by atoms with E-state index in [1.54, 1.807) is 28.8 Å². The van der Waals surface area contributed by atoms with Crippen LogP contribution in [-0.4, -0.2) is 14.6 Å². The Bertz CT molecular complexity index is 881. The molecule has 0 spiro atoms. The lowest BCUT2D eigenvalue weighted by Crippen LogP contribution is -1.96. The quantitative estimate of drug-likeness (QED) is 0.729. The van der Waals surface area contributed by atoms with E-state index >= 15 is 0 Å². The summed E-state index contributed by atoms with van der Waals surface area (Å²) < 4.78 is 1.69. The predicted octanol–water partition coefficient (Wildman–Crippen LogP) is 3.87. The fourth-order valence-electron chi connectivity index (χ4n) is 2.63. The Morgan fingerprint density at radius 3 is 2.77 bits per heavy atom. The van der Waals surface area contributed by atoms with Crippen LogP contribution in [0.25, 0.3) is 5.65 Å². The van der Waals surface area contributed by atoms with E-state index in [1.807, 2.05) is 6.20 Å². The van der Waals surface area contributed by atoms with E-state index in [-0.39, 0.29) is 0 Å². The van der Waals surface area contributed by atoms with Crippen LogP contribution in [0.1, 0.15) is 17.7 Å². The third-order valence-corrected chi connectivity index (χ3v) is 3.98. The minimum Gasteiger partial charge on any atom is -0.380 e. The lowest BCUT2D eigenvalue weighted by Gasteiger charge is -1.99. The number of halogens is 1. The molecule has 2 aromatic heterocycles. The summed E-state index contributed by atoms with van der Waals surface area (Å²) in [6.07, 6.45) is 5.15. The molecule has 1 aliphatic rings. The molecule has 0 saturated heterocycles. The van der Waals surface area contributed by atoms with Crippen molar-refractivity contribution in [3.8, 4) is 0 Å².